The third-order valence-corrected chi connectivity index (χ3v) is 4.94. The Labute approximate surface area is 137 Å². The van der Waals surface area contributed by atoms with Crippen molar-refractivity contribution in [2.24, 2.45) is 5.92 Å². The molecule has 6 heteroatoms. The first kappa shape index (κ1) is 16.7. The number of carbonyl (C=O) groups excluding carboxylic acids is 1. The van der Waals surface area contributed by atoms with Crippen molar-refractivity contribution in [3.05, 3.63) is 11.3 Å². The van der Waals surface area contributed by atoms with Crippen molar-refractivity contribution in [3.63, 3.8) is 0 Å². The van der Waals surface area contributed by atoms with Crippen molar-refractivity contribution in [1.29, 1.82) is 0 Å². The van der Waals surface area contributed by atoms with E-state index in [1.165, 1.54) is 19.3 Å². The molecule has 2 N–H and O–H groups in total. The van der Waals surface area contributed by atoms with E-state index in [1.807, 2.05) is 0 Å². The predicted octanol–water partition coefficient (Wildman–Crippen LogP) is 1.83. The smallest absolute Gasteiger partial charge is 0.336 e. The van der Waals surface area contributed by atoms with Gasteiger partial charge in [-0.15, -0.1) is 0 Å². The minimum Gasteiger partial charge on any atom is -0.463 e. The molecule has 0 amide bonds. The SMILES string of the molecule is CCOC(=O)C1=C(C)N[C@@]2(O)CO[C@H](OC3CCCCC3)[C@@H]1C2. The van der Waals surface area contributed by atoms with E-state index < -0.39 is 12.0 Å². The van der Waals surface area contributed by atoms with Crippen LogP contribution in [0.1, 0.15) is 52.4 Å². The van der Waals surface area contributed by atoms with E-state index in [-0.39, 0.29) is 24.6 Å². The molecule has 1 aliphatic carbocycles. The van der Waals surface area contributed by atoms with Crippen molar-refractivity contribution in [2.45, 2.75) is 70.5 Å². The molecule has 3 rings (SSSR count). The van der Waals surface area contributed by atoms with Gasteiger partial charge in [-0.25, -0.2) is 4.79 Å². The Balaban J connectivity index is 1.79. The zero-order chi connectivity index (χ0) is 16.4. The summed E-state index contributed by atoms with van der Waals surface area (Å²) in [4.78, 5) is 12.3. The molecular weight excluding hydrogens is 298 g/mol. The van der Waals surface area contributed by atoms with Crippen LogP contribution in [0.4, 0.5) is 0 Å². The molecule has 3 aliphatic rings. The number of ether oxygens (including phenoxy) is 3. The number of nitrogens with one attached hydrogen (secondary N) is 1. The molecule has 0 aromatic carbocycles. The molecule has 1 saturated heterocycles. The van der Waals surface area contributed by atoms with Gasteiger partial charge in [-0.05, 0) is 26.7 Å². The highest BCUT2D eigenvalue weighted by molar-refractivity contribution is 5.90. The van der Waals surface area contributed by atoms with Gasteiger partial charge in [-0.1, -0.05) is 19.3 Å². The third kappa shape index (κ3) is 3.54. The van der Waals surface area contributed by atoms with E-state index in [1.54, 1.807) is 13.8 Å². The second kappa shape index (κ2) is 6.79. The fraction of sp³-hybridized carbons (Fsp3) is 0.824. The Bertz CT molecular complexity index is 485. The fourth-order valence-corrected chi connectivity index (χ4v) is 3.91. The quantitative estimate of drug-likeness (QED) is 0.768. The van der Waals surface area contributed by atoms with E-state index in [0.29, 0.717) is 24.3 Å². The van der Waals surface area contributed by atoms with E-state index in [0.717, 1.165) is 12.8 Å². The summed E-state index contributed by atoms with van der Waals surface area (Å²) in [5, 5.41) is 13.5. The van der Waals surface area contributed by atoms with E-state index in [2.05, 4.69) is 5.32 Å². The lowest BCUT2D eigenvalue weighted by Gasteiger charge is -2.47. The molecule has 0 unspecified atom stereocenters. The number of fused-ring (bicyclic) bond motifs is 2. The fourth-order valence-electron chi connectivity index (χ4n) is 3.91. The molecule has 2 heterocycles. The maximum atomic E-state index is 12.3. The summed E-state index contributed by atoms with van der Waals surface area (Å²) < 4.78 is 17.1. The summed E-state index contributed by atoms with van der Waals surface area (Å²) in [7, 11) is 0. The van der Waals surface area contributed by atoms with Gasteiger partial charge >= 0.3 is 5.97 Å². The highest BCUT2D eigenvalue weighted by Crippen LogP contribution is 2.40. The molecule has 2 fully saturated rings. The molecule has 0 radical (unpaired) electrons. The van der Waals surface area contributed by atoms with Crippen LogP contribution in [0.15, 0.2) is 11.3 Å². The third-order valence-electron chi connectivity index (χ3n) is 4.94. The predicted molar refractivity (Wildman–Crippen MR) is 83.2 cm³/mol. The first-order chi connectivity index (χ1) is 11.0. The highest BCUT2D eigenvalue weighted by atomic mass is 16.7. The van der Waals surface area contributed by atoms with Gasteiger partial charge in [0.25, 0.3) is 0 Å². The van der Waals surface area contributed by atoms with Gasteiger partial charge in [-0.2, -0.15) is 0 Å². The lowest BCUT2D eigenvalue weighted by atomic mass is 9.82. The molecule has 23 heavy (non-hydrogen) atoms. The van der Waals surface area contributed by atoms with E-state index in [4.69, 9.17) is 14.2 Å². The molecule has 0 spiro atoms. The number of aliphatic hydroxyl groups is 1. The van der Waals surface area contributed by atoms with Crippen LogP contribution in [-0.2, 0) is 19.0 Å². The van der Waals surface area contributed by atoms with Crippen molar-refractivity contribution in [2.75, 3.05) is 13.2 Å². The molecule has 0 aromatic rings. The molecule has 3 atom stereocenters. The number of hydrogen-bond acceptors (Lipinski definition) is 6. The summed E-state index contributed by atoms with van der Waals surface area (Å²) in [6.07, 6.45) is 5.76. The zero-order valence-electron chi connectivity index (χ0n) is 14.0. The minimum absolute atomic E-state index is 0.161. The Kier molecular flexibility index (Phi) is 4.94. The van der Waals surface area contributed by atoms with Crippen molar-refractivity contribution in [3.8, 4) is 0 Å². The second-order valence-corrected chi connectivity index (χ2v) is 6.80. The largest absolute Gasteiger partial charge is 0.463 e. The highest BCUT2D eigenvalue weighted by Gasteiger charge is 2.49. The average molecular weight is 325 g/mol. The minimum atomic E-state index is -1.13. The van der Waals surface area contributed by atoms with Gasteiger partial charge < -0.3 is 24.6 Å². The van der Waals surface area contributed by atoms with Gasteiger partial charge in [0, 0.05) is 18.0 Å². The Morgan fingerprint density at radius 2 is 2.13 bits per heavy atom. The molecule has 1 saturated carbocycles. The van der Waals surface area contributed by atoms with Crippen LogP contribution in [0.5, 0.6) is 0 Å². The van der Waals surface area contributed by atoms with Gasteiger partial charge in [0.1, 0.15) is 0 Å². The second-order valence-electron chi connectivity index (χ2n) is 6.80. The standard InChI is InChI=1S/C17H27NO5/c1-3-21-15(19)14-11(2)18-17(20)9-13(14)16(22-10-17)23-12-7-5-4-6-8-12/h12-13,16,18,20H,3-10H2,1-2H3/t13-,16-,17+/m1/s1. The van der Waals surface area contributed by atoms with Crippen LogP contribution in [0.25, 0.3) is 0 Å². The molecule has 0 aromatic heterocycles. The first-order valence-electron chi connectivity index (χ1n) is 8.68. The number of hydrogen-bond donors (Lipinski definition) is 2. The van der Waals surface area contributed by atoms with E-state index >= 15 is 0 Å². The summed E-state index contributed by atoms with van der Waals surface area (Å²) in [6.45, 7) is 4.07. The zero-order valence-corrected chi connectivity index (χ0v) is 14.0. The van der Waals surface area contributed by atoms with Gasteiger partial charge in [0.15, 0.2) is 12.0 Å². The van der Waals surface area contributed by atoms with Gasteiger partial charge in [0.05, 0.1) is 24.9 Å². The summed E-state index contributed by atoms with van der Waals surface area (Å²) in [5.74, 6) is -0.650. The molecule has 2 bridgehead atoms. The van der Waals surface area contributed by atoms with E-state index in [9.17, 15) is 9.90 Å². The maximum absolute atomic E-state index is 12.3. The van der Waals surface area contributed by atoms with Gasteiger partial charge in [0.2, 0.25) is 0 Å². The van der Waals surface area contributed by atoms with Crippen molar-refractivity contribution < 1.29 is 24.1 Å². The number of esters is 1. The van der Waals surface area contributed by atoms with Crippen LogP contribution in [0.2, 0.25) is 0 Å². The Morgan fingerprint density at radius 3 is 2.83 bits per heavy atom. The van der Waals surface area contributed by atoms with Gasteiger partial charge in [-0.3, -0.25) is 0 Å². The molecule has 2 aliphatic heterocycles. The summed E-state index contributed by atoms with van der Waals surface area (Å²) in [5.41, 5.74) is 0.0664. The topological polar surface area (TPSA) is 77.0 Å². The number of allylic oxidation sites excluding steroid dienone is 1. The Morgan fingerprint density at radius 1 is 1.39 bits per heavy atom. The monoisotopic (exact) mass is 325 g/mol. The maximum Gasteiger partial charge on any atom is 0.336 e. The van der Waals surface area contributed by atoms with Crippen molar-refractivity contribution >= 4 is 5.97 Å². The lowest BCUT2D eigenvalue weighted by Crippen LogP contribution is -2.60. The molecule has 6 nitrogen and oxygen atoms in total. The summed E-state index contributed by atoms with van der Waals surface area (Å²) in [6, 6.07) is 0. The van der Waals surface area contributed by atoms with Crippen LogP contribution in [0.3, 0.4) is 0 Å². The summed E-state index contributed by atoms with van der Waals surface area (Å²) >= 11 is 0. The number of rotatable bonds is 4. The van der Waals surface area contributed by atoms with Crippen molar-refractivity contribution in [1.82, 2.24) is 5.32 Å². The van der Waals surface area contributed by atoms with Crippen LogP contribution in [-0.4, -0.2) is 42.4 Å². The number of carbonyl (C=O) groups is 1. The average Bonchev–Trinajstić information content (AvgIpc) is 2.51. The Hall–Kier alpha value is -1.11. The van der Waals surface area contributed by atoms with Crippen LogP contribution >= 0.6 is 0 Å². The van der Waals surface area contributed by atoms with Crippen LogP contribution < -0.4 is 5.32 Å². The normalized spacial score (nSPS) is 34.9. The lowest BCUT2D eigenvalue weighted by molar-refractivity contribution is -0.262. The molecular formula is C17H27NO5. The first-order valence-corrected chi connectivity index (χ1v) is 8.68. The van der Waals surface area contributed by atoms with Crippen LogP contribution in [0, 0.1) is 5.92 Å². The molecule has 130 valence electrons.